The molecule has 3 N–H and O–H groups in total. The SMILES string of the molecule is CC(C)(C)C(C(=O)O)c1ccc(O)c(O)c1. The van der Waals surface area contributed by atoms with Gasteiger partial charge in [-0.1, -0.05) is 26.8 Å². The van der Waals surface area contributed by atoms with E-state index in [4.69, 9.17) is 5.11 Å². The van der Waals surface area contributed by atoms with Gasteiger partial charge in [0.05, 0.1) is 5.92 Å². The molecule has 0 aliphatic carbocycles. The third-order valence-electron chi connectivity index (χ3n) is 2.45. The average Bonchev–Trinajstić information content (AvgIpc) is 2.08. The van der Waals surface area contributed by atoms with Gasteiger partial charge < -0.3 is 15.3 Å². The van der Waals surface area contributed by atoms with E-state index in [9.17, 15) is 15.0 Å². The van der Waals surface area contributed by atoms with Gasteiger partial charge in [-0.3, -0.25) is 4.79 Å². The highest BCUT2D eigenvalue weighted by molar-refractivity contribution is 5.77. The first-order valence-electron chi connectivity index (χ1n) is 4.98. The fourth-order valence-corrected chi connectivity index (χ4v) is 1.73. The largest absolute Gasteiger partial charge is 0.504 e. The quantitative estimate of drug-likeness (QED) is 0.673. The van der Waals surface area contributed by atoms with Crippen LogP contribution >= 0.6 is 0 Å². The Morgan fingerprint density at radius 2 is 1.75 bits per heavy atom. The average molecular weight is 224 g/mol. The second kappa shape index (κ2) is 4.04. The summed E-state index contributed by atoms with van der Waals surface area (Å²) in [6, 6.07) is 4.10. The van der Waals surface area contributed by atoms with Crippen LogP contribution in [0, 0.1) is 5.41 Å². The number of carbonyl (C=O) groups is 1. The number of phenols is 2. The third-order valence-corrected chi connectivity index (χ3v) is 2.45. The van der Waals surface area contributed by atoms with Crippen molar-refractivity contribution < 1.29 is 20.1 Å². The van der Waals surface area contributed by atoms with Gasteiger partial charge >= 0.3 is 5.97 Å². The summed E-state index contributed by atoms with van der Waals surface area (Å²) in [7, 11) is 0. The fourth-order valence-electron chi connectivity index (χ4n) is 1.73. The van der Waals surface area contributed by atoms with Crippen LogP contribution in [0.25, 0.3) is 0 Å². The molecule has 0 heterocycles. The topological polar surface area (TPSA) is 77.8 Å². The van der Waals surface area contributed by atoms with E-state index in [0.29, 0.717) is 5.56 Å². The molecule has 1 atom stereocenters. The van der Waals surface area contributed by atoms with Crippen LogP contribution in [0.3, 0.4) is 0 Å². The van der Waals surface area contributed by atoms with Crippen molar-refractivity contribution in [3.63, 3.8) is 0 Å². The Morgan fingerprint density at radius 1 is 1.19 bits per heavy atom. The van der Waals surface area contributed by atoms with E-state index in [1.165, 1.54) is 18.2 Å². The number of hydrogen-bond donors (Lipinski definition) is 3. The van der Waals surface area contributed by atoms with Gasteiger partial charge in [0.2, 0.25) is 0 Å². The lowest BCUT2D eigenvalue weighted by molar-refractivity contribution is -0.141. The zero-order valence-corrected chi connectivity index (χ0v) is 9.56. The minimum atomic E-state index is -0.947. The molecular weight excluding hydrogens is 208 g/mol. The molecule has 4 nitrogen and oxygen atoms in total. The molecular formula is C12H16O4. The van der Waals surface area contributed by atoms with Crippen molar-refractivity contribution in [1.82, 2.24) is 0 Å². The Balaban J connectivity index is 3.22. The maximum Gasteiger partial charge on any atom is 0.311 e. The fraction of sp³-hybridized carbons (Fsp3) is 0.417. The maximum absolute atomic E-state index is 11.2. The number of benzene rings is 1. The Labute approximate surface area is 94.2 Å². The van der Waals surface area contributed by atoms with Crippen LogP contribution in [0.5, 0.6) is 11.5 Å². The lowest BCUT2D eigenvalue weighted by Gasteiger charge is -2.27. The molecule has 16 heavy (non-hydrogen) atoms. The van der Waals surface area contributed by atoms with Crippen LogP contribution < -0.4 is 0 Å². The van der Waals surface area contributed by atoms with Crippen molar-refractivity contribution in [2.75, 3.05) is 0 Å². The van der Waals surface area contributed by atoms with Crippen LogP contribution in [-0.4, -0.2) is 21.3 Å². The summed E-state index contributed by atoms with van der Waals surface area (Å²) < 4.78 is 0. The maximum atomic E-state index is 11.2. The molecule has 1 unspecified atom stereocenters. The highest BCUT2D eigenvalue weighted by Gasteiger charge is 2.33. The predicted octanol–water partition coefficient (Wildman–Crippen LogP) is 2.31. The molecule has 4 heteroatoms. The molecule has 1 aromatic rings. The van der Waals surface area contributed by atoms with Crippen molar-refractivity contribution in [3.8, 4) is 11.5 Å². The summed E-state index contributed by atoms with van der Waals surface area (Å²) in [6.07, 6.45) is 0. The summed E-state index contributed by atoms with van der Waals surface area (Å²) >= 11 is 0. The van der Waals surface area contributed by atoms with E-state index >= 15 is 0 Å². The van der Waals surface area contributed by atoms with E-state index in [1.807, 2.05) is 20.8 Å². The van der Waals surface area contributed by atoms with E-state index in [1.54, 1.807) is 0 Å². The highest BCUT2D eigenvalue weighted by Crippen LogP contribution is 2.38. The molecule has 0 radical (unpaired) electrons. The Hall–Kier alpha value is -1.71. The van der Waals surface area contributed by atoms with Gasteiger partial charge in [-0.2, -0.15) is 0 Å². The van der Waals surface area contributed by atoms with E-state index in [-0.39, 0.29) is 11.5 Å². The van der Waals surface area contributed by atoms with Gasteiger partial charge in [0.1, 0.15) is 0 Å². The molecule has 0 aliphatic heterocycles. The highest BCUT2D eigenvalue weighted by atomic mass is 16.4. The normalized spacial score (nSPS) is 13.4. The zero-order chi connectivity index (χ0) is 12.5. The number of hydrogen-bond acceptors (Lipinski definition) is 3. The second-order valence-electron chi connectivity index (χ2n) is 4.89. The summed E-state index contributed by atoms with van der Waals surface area (Å²) in [6.45, 7) is 5.45. The van der Waals surface area contributed by atoms with Crippen molar-refractivity contribution in [2.24, 2.45) is 5.41 Å². The number of phenolic OH excluding ortho intramolecular Hbond substituents is 2. The first-order valence-corrected chi connectivity index (χ1v) is 4.98. The number of carboxylic acids is 1. The van der Waals surface area contributed by atoms with Crippen LogP contribution in [0.2, 0.25) is 0 Å². The Morgan fingerprint density at radius 3 is 2.12 bits per heavy atom. The first-order chi connectivity index (χ1) is 7.23. The van der Waals surface area contributed by atoms with Gasteiger partial charge in [0.15, 0.2) is 11.5 Å². The third kappa shape index (κ3) is 2.45. The Kier molecular flexibility index (Phi) is 3.12. The van der Waals surface area contributed by atoms with Gasteiger partial charge in [-0.25, -0.2) is 0 Å². The van der Waals surface area contributed by atoms with E-state index in [2.05, 4.69) is 0 Å². The standard InChI is InChI=1S/C12H16O4/c1-12(2,3)10(11(15)16)7-4-5-8(13)9(14)6-7/h4-6,10,13-14H,1-3H3,(H,15,16). The number of aromatic hydroxyl groups is 2. The predicted molar refractivity (Wildman–Crippen MR) is 59.6 cm³/mol. The smallest absolute Gasteiger partial charge is 0.311 e. The van der Waals surface area contributed by atoms with Crippen LogP contribution in [0.4, 0.5) is 0 Å². The minimum Gasteiger partial charge on any atom is -0.504 e. The van der Waals surface area contributed by atoms with Gasteiger partial charge in [-0.15, -0.1) is 0 Å². The summed E-state index contributed by atoms with van der Waals surface area (Å²) in [5.74, 6) is -2.22. The Bertz CT molecular complexity index is 404. The molecule has 0 spiro atoms. The molecule has 1 rings (SSSR count). The summed E-state index contributed by atoms with van der Waals surface area (Å²) in [5.41, 5.74) is 0.0187. The first kappa shape index (κ1) is 12.4. The molecule has 0 aromatic heterocycles. The molecule has 0 saturated heterocycles. The minimum absolute atomic E-state index is 0.248. The molecule has 0 saturated carbocycles. The van der Waals surface area contributed by atoms with Crippen molar-refractivity contribution >= 4 is 5.97 Å². The summed E-state index contributed by atoms with van der Waals surface area (Å²) in [4.78, 5) is 11.2. The molecule has 1 aromatic carbocycles. The summed E-state index contributed by atoms with van der Waals surface area (Å²) in [5, 5.41) is 27.7. The van der Waals surface area contributed by atoms with Gasteiger partial charge in [0.25, 0.3) is 0 Å². The number of carboxylic acid groups (broad SMARTS) is 1. The van der Waals surface area contributed by atoms with Crippen molar-refractivity contribution in [3.05, 3.63) is 23.8 Å². The lowest BCUT2D eigenvalue weighted by atomic mass is 9.76. The van der Waals surface area contributed by atoms with Crippen LogP contribution in [0.1, 0.15) is 32.3 Å². The number of rotatable bonds is 2. The van der Waals surface area contributed by atoms with E-state index in [0.717, 1.165) is 0 Å². The molecule has 0 fully saturated rings. The second-order valence-corrected chi connectivity index (χ2v) is 4.89. The van der Waals surface area contributed by atoms with Crippen LogP contribution in [0.15, 0.2) is 18.2 Å². The van der Waals surface area contributed by atoms with Crippen molar-refractivity contribution in [1.29, 1.82) is 0 Å². The lowest BCUT2D eigenvalue weighted by Crippen LogP contribution is -2.26. The molecule has 0 bridgehead atoms. The molecule has 0 amide bonds. The van der Waals surface area contributed by atoms with Gasteiger partial charge in [-0.05, 0) is 23.1 Å². The zero-order valence-electron chi connectivity index (χ0n) is 9.56. The van der Waals surface area contributed by atoms with E-state index < -0.39 is 17.3 Å². The molecule has 0 aliphatic rings. The van der Waals surface area contributed by atoms with Crippen molar-refractivity contribution in [2.45, 2.75) is 26.7 Å². The molecule has 88 valence electrons. The number of aliphatic carboxylic acids is 1. The monoisotopic (exact) mass is 224 g/mol. The van der Waals surface area contributed by atoms with Gasteiger partial charge in [0, 0.05) is 0 Å². The van der Waals surface area contributed by atoms with Crippen LogP contribution in [-0.2, 0) is 4.79 Å².